The molecular weight excluding hydrogens is 959 g/mol. The van der Waals surface area contributed by atoms with Crippen LogP contribution in [0, 0.1) is 40.3 Å². The first kappa shape index (κ1) is 51.7. The fourth-order valence-corrected chi connectivity index (χ4v) is 14.2. The number of fused-ring (bicyclic) bond motifs is 9. The number of amides is 1. The predicted molar refractivity (Wildman–Crippen MR) is 267 cm³/mol. The number of hydrogen-bond donors (Lipinski definition) is 4. The normalized spacial score (nSPS) is 33.7. The van der Waals surface area contributed by atoms with E-state index in [9.17, 15) is 39.0 Å². The summed E-state index contributed by atoms with van der Waals surface area (Å²) in [6.07, 6.45) is 8.83. The summed E-state index contributed by atoms with van der Waals surface area (Å²) in [7, 11) is 1.48. The van der Waals surface area contributed by atoms with Gasteiger partial charge < -0.3 is 49.3 Å². The Morgan fingerprint density at radius 1 is 1.03 bits per heavy atom. The third-order valence-corrected chi connectivity index (χ3v) is 17.9. The lowest BCUT2D eigenvalue weighted by Crippen LogP contribution is -2.70. The Hall–Kier alpha value is -5.82. The number of methoxy groups -OCH3 is 1. The van der Waals surface area contributed by atoms with Crippen molar-refractivity contribution >= 4 is 46.0 Å². The minimum atomic E-state index is -2.07. The summed E-state index contributed by atoms with van der Waals surface area (Å²) in [5.41, 5.74) is -4.86. The number of ketones is 2. The predicted octanol–water partition coefficient (Wildman–Crippen LogP) is 6.41. The molecular formula is C56H66F2N4O12. The lowest BCUT2D eigenvalue weighted by atomic mass is 9.44. The van der Waals surface area contributed by atoms with Gasteiger partial charge in [0.25, 0.3) is 5.91 Å². The average molecular weight is 1030 g/mol. The zero-order valence-electron chi connectivity index (χ0n) is 42.7. The smallest absolute Gasteiger partial charge is 0.341 e. The van der Waals surface area contributed by atoms with Gasteiger partial charge in [-0.1, -0.05) is 43.7 Å². The number of rotatable bonds is 11. The van der Waals surface area contributed by atoms with Crippen LogP contribution in [-0.4, -0.2) is 119 Å². The number of carboxylic acids is 1. The standard InChI is InChI=1S/C35H42FNO8.C21H24FN3O4/c1-20(18-37-29(41)21-9-7-6-8-10-21)30(42)43-19-27(40)35-28(44-31(2,3)45-35)16-25-24-12-11-22-15-23(38)13-14-32(22,4)34(24,36)26(39)17-33(25,35)5;1-29-20-17-13(19(26)14(21(27)28)9-25(17)12-4-5-12)7-15(22)18(20)24-8-11-3-2-6-23-16(11)10-24/h6-10,13-15,20,24-26,28,39H,11-12,16-19H2,1-5H3,(H,37,41);7,9,11-12,16,23H,2-6,8,10H2,1H3,(H,27,28)/t20?,24-,25-,26-,28+,32-,33-,34-,35+;11-,16+/m00/s1. The molecule has 4 N–H and O–H groups in total. The van der Waals surface area contributed by atoms with Gasteiger partial charge in [0.2, 0.25) is 11.2 Å². The minimum Gasteiger partial charge on any atom is -0.492 e. The van der Waals surface area contributed by atoms with Gasteiger partial charge in [-0.2, -0.15) is 0 Å². The highest BCUT2D eigenvalue weighted by atomic mass is 19.1. The van der Waals surface area contributed by atoms with E-state index in [0.717, 1.165) is 38.8 Å². The number of alkyl halides is 1. The summed E-state index contributed by atoms with van der Waals surface area (Å²) in [6, 6.07) is 10.2. The van der Waals surface area contributed by atoms with Crippen molar-refractivity contribution in [3.63, 3.8) is 0 Å². The monoisotopic (exact) mass is 1020 g/mol. The van der Waals surface area contributed by atoms with E-state index in [1.807, 2.05) is 11.8 Å². The van der Waals surface area contributed by atoms with Crippen LogP contribution in [-0.2, 0) is 28.6 Å². The molecule has 7 fully saturated rings. The molecule has 396 valence electrons. The van der Waals surface area contributed by atoms with Crippen molar-refractivity contribution in [2.75, 3.05) is 44.8 Å². The Kier molecular flexibility index (Phi) is 13.1. The number of benzene rings is 2. The summed E-state index contributed by atoms with van der Waals surface area (Å²) in [5, 5.41) is 27.5. The maximum atomic E-state index is 17.6. The Balaban J connectivity index is 0.000000185. The second kappa shape index (κ2) is 18.8. The van der Waals surface area contributed by atoms with Crippen LogP contribution in [0.15, 0.2) is 71.2 Å². The van der Waals surface area contributed by atoms with E-state index in [2.05, 4.69) is 10.6 Å². The van der Waals surface area contributed by atoms with E-state index in [4.69, 9.17) is 18.9 Å². The van der Waals surface area contributed by atoms with Crippen molar-refractivity contribution in [3.05, 3.63) is 93.6 Å². The van der Waals surface area contributed by atoms with Crippen molar-refractivity contribution in [1.29, 1.82) is 0 Å². The van der Waals surface area contributed by atoms with Gasteiger partial charge in [0.15, 0.2) is 41.0 Å². The average Bonchev–Trinajstić information content (AvgIpc) is 4.08. The van der Waals surface area contributed by atoms with Crippen LogP contribution in [0.5, 0.6) is 5.75 Å². The number of aromatic carboxylic acids is 1. The number of ether oxygens (including phenoxy) is 4. The molecule has 3 saturated heterocycles. The van der Waals surface area contributed by atoms with Crippen LogP contribution in [0.3, 0.4) is 0 Å². The molecule has 0 spiro atoms. The van der Waals surface area contributed by atoms with Crippen LogP contribution in [0.4, 0.5) is 14.5 Å². The number of esters is 1. The molecule has 18 heteroatoms. The summed E-state index contributed by atoms with van der Waals surface area (Å²) < 4.78 is 58.7. The van der Waals surface area contributed by atoms with Gasteiger partial charge in [-0.05, 0) is 121 Å². The number of piperidine rings is 1. The lowest BCUT2D eigenvalue weighted by Gasteiger charge is -2.62. The SMILES string of the molecule is CC(CNC(=O)c1ccccc1)C(=O)OCC(=O)[C@@]12OC(C)(C)O[C@@H]1C[C@H]1[C@@H]3CCC4=CC(=O)C=C[C@]4(C)[C@@]3(F)[C@@H](O)C[C@@]12C.COc1c(N2C[C@@H]3CCCN[C@@H]3C2)c(F)cc2c(=O)c(C(=O)O)cn(C3CC3)c12. The number of aliphatic hydroxyl groups is 1. The van der Waals surface area contributed by atoms with Gasteiger partial charge in [0.1, 0.15) is 11.3 Å². The Labute approximate surface area is 427 Å². The molecule has 16 nitrogen and oxygen atoms in total. The van der Waals surface area contributed by atoms with E-state index in [1.54, 1.807) is 68.7 Å². The van der Waals surface area contributed by atoms with Crippen LogP contribution < -0.4 is 25.7 Å². The molecule has 4 heterocycles. The molecule has 8 aliphatic rings. The quantitative estimate of drug-likeness (QED) is 0.153. The van der Waals surface area contributed by atoms with Gasteiger partial charge in [-0.15, -0.1) is 0 Å². The molecule has 3 aromatic rings. The van der Waals surface area contributed by atoms with E-state index in [1.165, 1.54) is 31.5 Å². The van der Waals surface area contributed by atoms with Crippen LogP contribution >= 0.6 is 0 Å². The maximum absolute atomic E-state index is 17.6. The van der Waals surface area contributed by atoms with E-state index in [0.29, 0.717) is 65.9 Å². The number of Topliss-reactive ketones (excluding diaryl/α,β-unsaturated/α-hetero) is 1. The number of allylic oxidation sites excluding steroid dienone is 4. The number of hydrogen-bond acceptors (Lipinski definition) is 13. The number of aromatic nitrogens is 1. The molecule has 3 aliphatic heterocycles. The van der Waals surface area contributed by atoms with Crippen molar-refractivity contribution in [1.82, 2.24) is 15.2 Å². The van der Waals surface area contributed by atoms with Crippen molar-refractivity contribution in [3.8, 4) is 5.75 Å². The number of nitrogens with zero attached hydrogens (tertiary/aromatic N) is 2. The molecule has 4 saturated carbocycles. The second-order valence-corrected chi connectivity index (χ2v) is 22.7. The topological polar surface area (TPSA) is 212 Å². The molecule has 1 aromatic heterocycles. The highest BCUT2D eigenvalue weighted by Crippen LogP contribution is 2.72. The molecule has 74 heavy (non-hydrogen) atoms. The van der Waals surface area contributed by atoms with Crippen molar-refractivity contribution in [2.45, 2.75) is 127 Å². The number of nitrogens with one attached hydrogen (secondary N) is 2. The van der Waals surface area contributed by atoms with E-state index in [-0.39, 0.29) is 47.6 Å². The fraction of sp³-hybridized carbons (Fsp3) is 0.571. The van der Waals surface area contributed by atoms with Crippen LogP contribution in [0.25, 0.3) is 10.9 Å². The van der Waals surface area contributed by atoms with Gasteiger partial charge in [-0.3, -0.25) is 24.0 Å². The molecule has 11 atom stereocenters. The number of anilines is 1. The second-order valence-electron chi connectivity index (χ2n) is 22.7. The maximum Gasteiger partial charge on any atom is 0.341 e. The van der Waals surface area contributed by atoms with Crippen molar-refractivity contribution < 1.29 is 61.9 Å². The summed E-state index contributed by atoms with van der Waals surface area (Å²) in [4.78, 5) is 78.1. The molecule has 2 aromatic carbocycles. The van der Waals surface area contributed by atoms with Gasteiger partial charge >= 0.3 is 11.9 Å². The van der Waals surface area contributed by atoms with Gasteiger partial charge in [-0.25, -0.2) is 13.6 Å². The zero-order valence-corrected chi connectivity index (χ0v) is 42.7. The summed E-state index contributed by atoms with van der Waals surface area (Å²) >= 11 is 0. The largest absolute Gasteiger partial charge is 0.492 e. The Bertz CT molecular complexity index is 2930. The third-order valence-electron chi connectivity index (χ3n) is 17.9. The third kappa shape index (κ3) is 8.20. The number of aliphatic hydroxyl groups excluding tert-OH is 1. The summed E-state index contributed by atoms with van der Waals surface area (Å²) in [6.45, 7) is 10.5. The van der Waals surface area contributed by atoms with Crippen LogP contribution in [0.2, 0.25) is 0 Å². The highest BCUT2D eigenvalue weighted by molar-refractivity contribution is 6.01. The first-order chi connectivity index (χ1) is 35.1. The highest BCUT2D eigenvalue weighted by Gasteiger charge is 2.80. The first-order valence-corrected chi connectivity index (χ1v) is 26.0. The minimum absolute atomic E-state index is 0.0165. The van der Waals surface area contributed by atoms with Gasteiger partial charge in [0, 0.05) is 60.2 Å². The molecule has 1 amide bonds. The number of pyridine rings is 1. The Morgan fingerprint density at radius 3 is 2.46 bits per heavy atom. The zero-order chi connectivity index (χ0) is 52.9. The molecule has 11 rings (SSSR count). The first-order valence-electron chi connectivity index (χ1n) is 26.0. The molecule has 0 radical (unpaired) electrons. The Morgan fingerprint density at radius 2 is 1.77 bits per heavy atom. The molecule has 5 aliphatic carbocycles. The van der Waals surface area contributed by atoms with E-state index < -0.39 is 87.5 Å². The van der Waals surface area contributed by atoms with Gasteiger partial charge in [0.05, 0.1) is 36.1 Å². The lowest BCUT2D eigenvalue weighted by molar-refractivity contribution is -0.246. The number of carbonyl (C=O) groups is 5. The number of carbonyl (C=O) groups excluding carboxylic acids is 4. The van der Waals surface area contributed by atoms with Crippen LogP contribution in [0.1, 0.15) is 113 Å². The number of carboxylic acid groups (broad SMARTS) is 1. The van der Waals surface area contributed by atoms with E-state index >= 15 is 8.78 Å². The molecule has 0 bridgehead atoms. The van der Waals surface area contributed by atoms with Crippen molar-refractivity contribution in [2.24, 2.45) is 34.5 Å². The summed E-state index contributed by atoms with van der Waals surface area (Å²) in [5.74, 6) is -5.63. The molecule has 1 unspecified atom stereocenters. The fourth-order valence-electron chi connectivity index (χ4n) is 14.2. The number of halogens is 2.